The van der Waals surface area contributed by atoms with E-state index in [0.717, 1.165) is 16.0 Å². The molecule has 0 aromatic heterocycles. The average Bonchev–Trinajstić information content (AvgIpc) is 2.51. The largest absolute Gasteiger partial charge is 0.457 e. The fourth-order valence-corrected chi connectivity index (χ4v) is 1.83. The number of hydrogen-bond acceptors (Lipinski definition) is 1. The van der Waals surface area contributed by atoms with Crippen LogP contribution in [0, 0.1) is 0 Å². The van der Waals surface area contributed by atoms with Crippen LogP contribution in [0.3, 0.4) is 0 Å². The third-order valence-electron chi connectivity index (χ3n) is 2.46. The minimum absolute atomic E-state index is 0.869. The maximum Gasteiger partial charge on any atom is 0.127 e. The van der Waals surface area contributed by atoms with Gasteiger partial charge in [0, 0.05) is 4.47 Å². The summed E-state index contributed by atoms with van der Waals surface area (Å²) in [5, 5.41) is 0. The summed E-state index contributed by atoms with van der Waals surface area (Å²) in [5.74, 6) is 1.74. The average molecular weight is 327 g/mol. The highest BCUT2D eigenvalue weighted by Gasteiger charge is 1.92. The summed E-state index contributed by atoms with van der Waals surface area (Å²) in [6, 6.07) is 29.5. The van der Waals surface area contributed by atoms with Crippen molar-refractivity contribution in [1.82, 2.24) is 0 Å². The summed E-state index contributed by atoms with van der Waals surface area (Å²) in [6.07, 6.45) is 0. The first-order valence-electron chi connectivity index (χ1n) is 6.33. The molecule has 3 rings (SSSR count). The van der Waals surface area contributed by atoms with Gasteiger partial charge in [-0.1, -0.05) is 70.5 Å². The highest BCUT2D eigenvalue weighted by atomic mass is 79.9. The molecule has 0 atom stereocenters. The zero-order valence-electron chi connectivity index (χ0n) is 10.9. The van der Waals surface area contributed by atoms with Crippen LogP contribution in [0.2, 0.25) is 0 Å². The molecule has 2 heteroatoms. The second kappa shape index (κ2) is 8.18. The predicted molar refractivity (Wildman–Crippen MR) is 87.1 cm³/mol. The molecule has 1 nitrogen and oxygen atoms in total. The second-order valence-electron chi connectivity index (χ2n) is 4.02. The molecule has 3 aromatic rings. The van der Waals surface area contributed by atoms with Crippen molar-refractivity contribution in [1.29, 1.82) is 0 Å². The van der Waals surface area contributed by atoms with E-state index in [1.807, 2.05) is 91.0 Å². The van der Waals surface area contributed by atoms with E-state index in [9.17, 15) is 0 Å². The van der Waals surface area contributed by atoms with E-state index in [1.54, 1.807) is 0 Å². The molecule has 100 valence electrons. The number of hydrogen-bond donors (Lipinski definition) is 0. The van der Waals surface area contributed by atoms with Crippen molar-refractivity contribution in [3.8, 4) is 11.5 Å². The molecule has 0 unspecified atom stereocenters. The van der Waals surface area contributed by atoms with Crippen molar-refractivity contribution in [2.45, 2.75) is 0 Å². The maximum absolute atomic E-state index is 5.58. The Morgan fingerprint density at radius 1 is 0.500 bits per heavy atom. The quantitative estimate of drug-likeness (QED) is 0.567. The Morgan fingerprint density at radius 3 is 1.15 bits per heavy atom. The smallest absolute Gasteiger partial charge is 0.127 e. The van der Waals surface area contributed by atoms with Crippen LogP contribution >= 0.6 is 15.9 Å². The van der Waals surface area contributed by atoms with E-state index < -0.39 is 0 Å². The molecule has 0 fully saturated rings. The molecule has 0 amide bonds. The summed E-state index contributed by atoms with van der Waals surface area (Å²) in [6.45, 7) is 0. The zero-order chi connectivity index (χ0) is 14.0. The van der Waals surface area contributed by atoms with E-state index in [1.165, 1.54) is 0 Å². The molecule has 0 aliphatic heterocycles. The van der Waals surface area contributed by atoms with E-state index in [2.05, 4.69) is 15.9 Å². The van der Waals surface area contributed by atoms with Gasteiger partial charge < -0.3 is 4.74 Å². The first-order chi connectivity index (χ1) is 9.84. The van der Waals surface area contributed by atoms with Crippen LogP contribution in [0.15, 0.2) is 95.5 Å². The van der Waals surface area contributed by atoms with Gasteiger partial charge in [0.2, 0.25) is 0 Å². The van der Waals surface area contributed by atoms with E-state index in [0.29, 0.717) is 0 Å². The van der Waals surface area contributed by atoms with Gasteiger partial charge in [0.25, 0.3) is 0 Å². The van der Waals surface area contributed by atoms with Gasteiger partial charge in [-0.3, -0.25) is 0 Å². The Morgan fingerprint density at radius 2 is 0.850 bits per heavy atom. The molecule has 0 bridgehead atoms. The van der Waals surface area contributed by atoms with Gasteiger partial charge in [-0.2, -0.15) is 0 Å². The Hall–Kier alpha value is -2.06. The molecule has 0 radical (unpaired) electrons. The number of benzene rings is 3. The fourth-order valence-electron chi connectivity index (χ4n) is 1.53. The highest BCUT2D eigenvalue weighted by Crippen LogP contribution is 2.19. The molecule has 3 aromatic carbocycles. The molecule has 20 heavy (non-hydrogen) atoms. The van der Waals surface area contributed by atoms with Crippen molar-refractivity contribution in [3.63, 3.8) is 0 Å². The van der Waals surface area contributed by atoms with Crippen LogP contribution in [0.4, 0.5) is 0 Å². The minimum Gasteiger partial charge on any atom is -0.457 e. The molecular weight excluding hydrogens is 312 g/mol. The van der Waals surface area contributed by atoms with Gasteiger partial charge in [-0.25, -0.2) is 0 Å². The maximum atomic E-state index is 5.58. The predicted octanol–water partition coefficient (Wildman–Crippen LogP) is 5.93. The van der Waals surface area contributed by atoms with Crippen LogP contribution < -0.4 is 4.74 Å². The van der Waals surface area contributed by atoms with Crippen molar-refractivity contribution >= 4 is 15.9 Å². The van der Waals surface area contributed by atoms with Gasteiger partial charge >= 0.3 is 0 Å². The van der Waals surface area contributed by atoms with Crippen molar-refractivity contribution in [3.05, 3.63) is 95.5 Å². The van der Waals surface area contributed by atoms with Crippen LogP contribution in [0.5, 0.6) is 11.5 Å². The van der Waals surface area contributed by atoms with Crippen molar-refractivity contribution < 1.29 is 4.74 Å². The van der Waals surface area contributed by atoms with Gasteiger partial charge in [0.1, 0.15) is 11.5 Å². The van der Waals surface area contributed by atoms with Crippen molar-refractivity contribution in [2.75, 3.05) is 0 Å². The van der Waals surface area contributed by atoms with Gasteiger partial charge in [-0.05, 0) is 36.4 Å². The van der Waals surface area contributed by atoms with Crippen LogP contribution in [0.25, 0.3) is 0 Å². The van der Waals surface area contributed by atoms with E-state index in [4.69, 9.17) is 4.74 Å². The molecular formula is C18H15BrO. The summed E-state index contributed by atoms with van der Waals surface area (Å²) in [4.78, 5) is 0. The highest BCUT2D eigenvalue weighted by molar-refractivity contribution is 9.10. The lowest BCUT2D eigenvalue weighted by atomic mass is 10.3. The van der Waals surface area contributed by atoms with Crippen LogP contribution in [-0.2, 0) is 0 Å². The van der Waals surface area contributed by atoms with Crippen LogP contribution in [-0.4, -0.2) is 0 Å². The number of rotatable bonds is 2. The Balaban J connectivity index is 0.000000178. The molecule has 0 aliphatic rings. The molecule has 0 N–H and O–H groups in total. The summed E-state index contributed by atoms with van der Waals surface area (Å²) in [5.41, 5.74) is 0. The Bertz CT molecular complexity index is 557. The lowest BCUT2D eigenvalue weighted by molar-refractivity contribution is 0.482. The Kier molecular flexibility index (Phi) is 5.87. The van der Waals surface area contributed by atoms with Crippen molar-refractivity contribution in [2.24, 2.45) is 0 Å². The van der Waals surface area contributed by atoms with E-state index >= 15 is 0 Å². The SMILES string of the molecule is Brc1ccccc1.c1ccc(Oc2ccccc2)cc1. The standard InChI is InChI=1S/C12H10O.C6H5Br/c1-3-7-11(8-4-1)13-12-9-5-2-6-10-12;7-6-4-2-1-3-5-6/h1-10H;1-5H. The Labute approximate surface area is 128 Å². The normalized spacial score (nSPS) is 9.25. The topological polar surface area (TPSA) is 9.23 Å². The van der Waals surface area contributed by atoms with Gasteiger partial charge in [0.15, 0.2) is 0 Å². The molecule has 0 saturated heterocycles. The van der Waals surface area contributed by atoms with Gasteiger partial charge in [0.05, 0.1) is 0 Å². The minimum atomic E-state index is 0.869. The molecule has 0 heterocycles. The first-order valence-corrected chi connectivity index (χ1v) is 7.12. The lowest BCUT2D eigenvalue weighted by Gasteiger charge is -2.03. The van der Waals surface area contributed by atoms with E-state index in [-0.39, 0.29) is 0 Å². The number of halogens is 1. The third-order valence-corrected chi connectivity index (χ3v) is 2.98. The zero-order valence-corrected chi connectivity index (χ0v) is 12.5. The fraction of sp³-hybridized carbons (Fsp3) is 0. The summed E-state index contributed by atoms with van der Waals surface area (Å²) in [7, 11) is 0. The second-order valence-corrected chi connectivity index (χ2v) is 4.94. The lowest BCUT2D eigenvalue weighted by Crippen LogP contribution is -1.81. The van der Waals surface area contributed by atoms with Crippen LogP contribution in [0.1, 0.15) is 0 Å². The molecule has 0 aliphatic carbocycles. The first kappa shape index (κ1) is 14.4. The number of ether oxygens (including phenoxy) is 1. The third kappa shape index (κ3) is 5.29. The monoisotopic (exact) mass is 326 g/mol. The summed E-state index contributed by atoms with van der Waals surface area (Å²) >= 11 is 3.31. The molecule has 0 saturated carbocycles. The summed E-state index contributed by atoms with van der Waals surface area (Å²) < 4.78 is 6.71. The number of para-hydroxylation sites is 2. The van der Waals surface area contributed by atoms with Gasteiger partial charge in [-0.15, -0.1) is 0 Å². The molecule has 0 spiro atoms.